The standard InChI is InChI=1S/C10H12BrNO.C10H13NO.CH4/c1-6(7(2)13)8-3-4-10(12)9(11)5-8;1-7(8(2)12)9-3-5-10(11)6-4-9;/h3-6H,12H2,1-2H3;3-7H,11H2,1-2H3;1H4. The van der Waals surface area contributed by atoms with E-state index >= 15 is 0 Å². The molecule has 142 valence electrons. The molecular formula is C21H29BrN2O2. The number of hydrogen-bond donors (Lipinski definition) is 2. The summed E-state index contributed by atoms with van der Waals surface area (Å²) in [7, 11) is 0. The van der Waals surface area contributed by atoms with E-state index < -0.39 is 0 Å². The van der Waals surface area contributed by atoms with Crippen molar-refractivity contribution in [3.63, 3.8) is 0 Å². The number of rotatable bonds is 4. The number of benzene rings is 2. The van der Waals surface area contributed by atoms with Crippen LogP contribution in [0.2, 0.25) is 0 Å². The van der Waals surface area contributed by atoms with E-state index in [1.165, 1.54) is 0 Å². The van der Waals surface area contributed by atoms with Crippen molar-refractivity contribution in [1.29, 1.82) is 0 Å². The summed E-state index contributed by atoms with van der Waals surface area (Å²) < 4.78 is 0.845. The Kier molecular flexibility index (Phi) is 9.88. The van der Waals surface area contributed by atoms with Gasteiger partial charge in [0.1, 0.15) is 11.6 Å². The van der Waals surface area contributed by atoms with Gasteiger partial charge in [0.2, 0.25) is 0 Å². The summed E-state index contributed by atoms with van der Waals surface area (Å²) in [6.45, 7) is 6.98. The summed E-state index contributed by atoms with van der Waals surface area (Å²) in [6, 6.07) is 13.0. The zero-order valence-electron chi connectivity index (χ0n) is 15.0. The second-order valence-electron chi connectivity index (χ2n) is 6.11. The average Bonchev–Trinajstić information content (AvgIpc) is 2.57. The number of halogens is 1. The fourth-order valence-electron chi connectivity index (χ4n) is 2.07. The molecule has 0 amide bonds. The van der Waals surface area contributed by atoms with Gasteiger partial charge in [-0.3, -0.25) is 9.59 Å². The van der Waals surface area contributed by atoms with Crippen LogP contribution >= 0.6 is 15.9 Å². The quantitative estimate of drug-likeness (QED) is 0.654. The first-order valence-corrected chi connectivity index (χ1v) is 8.84. The van der Waals surface area contributed by atoms with Gasteiger partial charge in [0.25, 0.3) is 0 Å². The summed E-state index contributed by atoms with van der Waals surface area (Å²) in [5, 5.41) is 0. The average molecular weight is 421 g/mol. The molecule has 0 fully saturated rings. The van der Waals surface area contributed by atoms with Gasteiger partial charge in [0, 0.05) is 27.7 Å². The highest BCUT2D eigenvalue weighted by molar-refractivity contribution is 9.10. The largest absolute Gasteiger partial charge is 0.399 e. The number of carbonyl (C=O) groups excluding carboxylic acids is 2. The molecule has 2 aromatic rings. The van der Waals surface area contributed by atoms with Gasteiger partial charge in [-0.25, -0.2) is 0 Å². The Balaban J connectivity index is 0.000000464. The Bertz CT molecular complexity index is 742. The summed E-state index contributed by atoms with van der Waals surface area (Å²) in [5.74, 6) is 0.263. The first-order chi connectivity index (χ1) is 11.6. The Hall–Kier alpha value is -2.14. The molecule has 2 rings (SSSR count). The van der Waals surface area contributed by atoms with Crippen molar-refractivity contribution in [3.8, 4) is 0 Å². The predicted octanol–water partition coefficient (Wildman–Crippen LogP) is 5.32. The Morgan fingerprint density at radius 3 is 1.69 bits per heavy atom. The van der Waals surface area contributed by atoms with Crippen molar-refractivity contribution >= 4 is 38.9 Å². The van der Waals surface area contributed by atoms with E-state index in [1.54, 1.807) is 19.9 Å². The van der Waals surface area contributed by atoms with E-state index in [9.17, 15) is 9.59 Å². The first kappa shape index (κ1) is 23.9. The Morgan fingerprint density at radius 2 is 1.27 bits per heavy atom. The molecule has 4 N–H and O–H groups in total. The zero-order valence-corrected chi connectivity index (χ0v) is 16.6. The maximum atomic E-state index is 11.1. The molecule has 2 atom stereocenters. The van der Waals surface area contributed by atoms with Crippen molar-refractivity contribution in [3.05, 3.63) is 58.1 Å². The first-order valence-electron chi connectivity index (χ1n) is 8.04. The van der Waals surface area contributed by atoms with Crippen molar-refractivity contribution in [2.45, 2.75) is 47.0 Å². The van der Waals surface area contributed by atoms with Crippen LogP contribution in [0.5, 0.6) is 0 Å². The maximum Gasteiger partial charge on any atom is 0.136 e. The maximum absolute atomic E-state index is 11.1. The predicted molar refractivity (Wildman–Crippen MR) is 114 cm³/mol. The molecule has 4 nitrogen and oxygen atoms in total. The molecule has 0 aliphatic heterocycles. The summed E-state index contributed by atoms with van der Waals surface area (Å²) in [5.41, 5.74) is 14.6. The van der Waals surface area contributed by atoms with E-state index in [0.717, 1.165) is 21.3 Å². The van der Waals surface area contributed by atoms with Crippen LogP contribution in [0.15, 0.2) is 46.9 Å². The lowest BCUT2D eigenvalue weighted by atomic mass is 9.98. The third-order valence-electron chi connectivity index (χ3n) is 4.18. The minimum Gasteiger partial charge on any atom is -0.399 e. The Labute approximate surface area is 165 Å². The van der Waals surface area contributed by atoms with Crippen LogP contribution in [0.3, 0.4) is 0 Å². The van der Waals surface area contributed by atoms with Gasteiger partial charge in [0.05, 0.1) is 0 Å². The van der Waals surface area contributed by atoms with Gasteiger partial charge < -0.3 is 11.5 Å². The van der Waals surface area contributed by atoms with Crippen molar-refractivity contribution in [1.82, 2.24) is 0 Å². The number of hydrogen-bond acceptors (Lipinski definition) is 4. The minimum absolute atomic E-state index is 0. The van der Waals surface area contributed by atoms with E-state index in [1.807, 2.05) is 50.2 Å². The van der Waals surface area contributed by atoms with E-state index in [-0.39, 0.29) is 30.8 Å². The molecule has 26 heavy (non-hydrogen) atoms. The molecule has 5 heteroatoms. The molecule has 0 aromatic heterocycles. The number of nitrogens with two attached hydrogens (primary N) is 2. The van der Waals surface area contributed by atoms with Crippen LogP contribution in [0.25, 0.3) is 0 Å². The summed E-state index contributed by atoms with van der Waals surface area (Å²) >= 11 is 3.33. The molecular weight excluding hydrogens is 392 g/mol. The van der Waals surface area contributed by atoms with Gasteiger partial charge in [-0.2, -0.15) is 0 Å². The zero-order chi connectivity index (χ0) is 19.1. The Morgan fingerprint density at radius 1 is 0.846 bits per heavy atom. The van der Waals surface area contributed by atoms with Gasteiger partial charge in [0.15, 0.2) is 0 Å². The van der Waals surface area contributed by atoms with E-state index in [2.05, 4.69) is 15.9 Å². The minimum atomic E-state index is -0.0584. The normalized spacial score (nSPS) is 12.0. The molecule has 0 bridgehead atoms. The van der Waals surface area contributed by atoms with Gasteiger partial charge in [-0.15, -0.1) is 0 Å². The van der Waals surface area contributed by atoms with E-state index in [0.29, 0.717) is 5.69 Å². The second-order valence-corrected chi connectivity index (χ2v) is 6.97. The molecule has 0 spiro atoms. The lowest BCUT2D eigenvalue weighted by Crippen LogP contribution is -2.04. The molecule has 0 saturated heterocycles. The number of anilines is 2. The summed E-state index contributed by atoms with van der Waals surface area (Å²) in [4.78, 5) is 22.1. The fraction of sp³-hybridized carbons (Fsp3) is 0.333. The highest BCUT2D eigenvalue weighted by Gasteiger charge is 2.11. The van der Waals surface area contributed by atoms with Crippen LogP contribution < -0.4 is 11.5 Å². The van der Waals surface area contributed by atoms with Gasteiger partial charge >= 0.3 is 0 Å². The molecule has 0 radical (unpaired) electrons. The van der Waals surface area contributed by atoms with Crippen LogP contribution in [0.4, 0.5) is 11.4 Å². The summed E-state index contributed by atoms with van der Waals surface area (Å²) in [6.07, 6.45) is 0. The number of ketones is 2. The molecule has 2 unspecified atom stereocenters. The van der Waals surface area contributed by atoms with Crippen LogP contribution in [-0.4, -0.2) is 11.6 Å². The molecule has 0 saturated carbocycles. The highest BCUT2D eigenvalue weighted by atomic mass is 79.9. The SMILES string of the molecule is C.CC(=O)C(C)c1ccc(N)c(Br)c1.CC(=O)C(C)c1ccc(N)cc1. The van der Waals surface area contributed by atoms with Crippen LogP contribution in [0, 0.1) is 0 Å². The monoisotopic (exact) mass is 420 g/mol. The molecule has 0 aliphatic rings. The number of Topliss-reactive ketones (excluding diaryl/α,β-unsaturated/α-hetero) is 2. The van der Waals surface area contributed by atoms with Crippen molar-refractivity contribution < 1.29 is 9.59 Å². The third-order valence-corrected chi connectivity index (χ3v) is 4.87. The number of carbonyl (C=O) groups is 2. The molecule has 0 aliphatic carbocycles. The van der Waals surface area contributed by atoms with Crippen LogP contribution in [-0.2, 0) is 9.59 Å². The molecule has 0 heterocycles. The lowest BCUT2D eigenvalue weighted by Gasteiger charge is -2.09. The fourth-order valence-corrected chi connectivity index (χ4v) is 2.46. The van der Waals surface area contributed by atoms with Gasteiger partial charge in [-0.1, -0.05) is 39.5 Å². The second kappa shape index (κ2) is 10.8. The lowest BCUT2D eigenvalue weighted by molar-refractivity contribution is -0.118. The third kappa shape index (κ3) is 7.00. The van der Waals surface area contributed by atoms with E-state index in [4.69, 9.17) is 11.5 Å². The highest BCUT2D eigenvalue weighted by Crippen LogP contribution is 2.25. The number of nitrogen functional groups attached to an aromatic ring is 2. The smallest absolute Gasteiger partial charge is 0.136 e. The molecule has 2 aromatic carbocycles. The van der Waals surface area contributed by atoms with Crippen molar-refractivity contribution in [2.75, 3.05) is 11.5 Å². The van der Waals surface area contributed by atoms with Crippen LogP contribution in [0.1, 0.15) is 58.1 Å². The van der Waals surface area contributed by atoms with Crippen molar-refractivity contribution in [2.24, 2.45) is 0 Å². The van der Waals surface area contributed by atoms with Gasteiger partial charge in [-0.05, 0) is 65.2 Å². The topological polar surface area (TPSA) is 86.2 Å².